The molecule has 1 saturated carbocycles. The lowest BCUT2D eigenvalue weighted by Gasteiger charge is -2.17. The van der Waals surface area contributed by atoms with E-state index in [0.29, 0.717) is 0 Å². The molecule has 1 aliphatic carbocycles. The van der Waals surface area contributed by atoms with Gasteiger partial charge in [-0.25, -0.2) is 0 Å². The first-order valence-corrected chi connectivity index (χ1v) is 6.77. The summed E-state index contributed by atoms with van der Waals surface area (Å²) >= 11 is 1.83. The SMILES string of the molecule is CC(C)(O)CSCCNC1CCCC1. The van der Waals surface area contributed by atoms with E-state index in [2.05, 4.69) is 5.32 Å². The van der Waals surface area contributed by atoms with Gasteiger partial charge in [0.05, 0.1) is 5.60 Å². The third kappa shape index (κ3) is 5.89. The van der Waals surface area contributed by atoms with Crippen LogP contribution < -0.4 is 5.32 Å². The molecule has 14 heavy (non-hydrogen) atoms. The Morgan fingerprint density at radius 1 is 1.36 bits per heavy atom. The predicted molar refractivity (Wildman–Crippen MR) is 63.9 cm³/mol. The second kappa shape index (κ2) is 5.99. The molecule has 0 saturated heterocycles. The van der Waals surface area contributed by atoms with Crippen molar-refractivity contribution < 1.29 is 5.11 Å². The zero-order chi connectivity index (χ0) is 10.4. The van der Waals surface area contributed by atoms with Gasteiger partial charge in [0, 0.05) is 24.1 Å². The van der Waals surface area contributed by atoms with E-state index in [-0.39, 0.29) is 0 Å². The first kappa shape index (κ1) is 12.3. The van der Waals surface area contributed by atoms with E-state index in [1.807, 2.05) is 25.6 Å². The van der Waals surface area contributed by atoms with Gasteiger partial charge in [-0.15, -0.1) is 0 Å². The molecule has 1 rings (SSSR count). The van der Waals surface area contributed by atoms with Crippen molar-refractivity contribution in [2.24, 2.45) is 0 Å². The van der Waals surface area contributed by atoms with Gasteiger partial charge in [-0.3, -0.25) is 0 Å². The first-order chi connectivity index (χ1) is 6.58. The molecule has 0 aliphatic heterocycles. The van der Waals surface area contributed by atoms with Crippen molar-refractivity contribution in [1.82, 2.24) is 5.32 Å². The average Bonchev–Trinajstić information content (AvgIpc) is 2.54. The van der Waals surface area contributed by atoms with Gasteiger partial charge in [-0.05, 0) is 26.7 Å². The topological polar surface area (TPSA) is 32.3 Å². The number of nitrogens with one attached hydrogen (secondary N) is 1. The van der Waals surface area contributed by atoms with E-state index in [1.54, 1.807) is 0 Å². The van der Waals surface area contributed by atoms with Crippen molar-refractivity contribution in [2.75, 3.05) is 18.1 Å². The van der Waals surface area contributed by atoms with Gasteiger partial charge in [-0.1, -0.05) is 12.8 Å². The van der Waals surface area contributed by atoms with E-state index in [1.165, 1.54) is 25.7 Å². The minimum absolute atomic E-state index is 0.516. The molecule has 84 valence electrons. The van der Waals surface area contributed by atoms with Gasteiger partial charge in [0.1, 0.15) is 0 Å². The summed E-state index contributed by atoms with van der Waals surface area (Å²) in [7, 11) is 0. The fraction of sp³-hybridized carbons (Fsp3) is 1.00. The van der Waals surface area contributed by atoms with Crippen LogP contribution in [0.25, 0.3) is 0 Å². The van der Waals surface area contributed by atoms with E-state index in [0.717, 1.165) is 24.1 Å². The van der Waals surface area contributed by atoms with Gasteiger partial charge in [-0.2, -0.15) is 11.8 Å². The number of hydrogen-bond acceptors (Lipinski definition) is 3. The largest absolute Gasteiger partial charge is 0.390 e. The molecular formula is C11H23NOS. The monoisotopic (exact) mass is 217 g/mol. The summed E-state index contributed by atoms with van der Waals surface area (Å²) < 4.78 is 0. The van der Waals surface area contributed by atoms with Crippen LogP contribution in [-0.4, -0.2) is 34.8 Å². The quantitative estimate of drug-likeness (QED) is 0.668. The molecule has 0 bridgehead atoms. The lowest BCUT2D eigenvalue weighted by atomic mass is 10.2. The first-order valence-electron chi connectivity index (χ1n) is 5.61. The highest BCUT2D eigenvalue weighted by Gasteiger charge is 2.14. The number of thioether (sulfide) groups is 1. The lowest BCUT2D eigenvalue weighted by molar-refractivity contribution is 0.107. The Balaban J connectivity index is 1.89. The second-order valence-corrected chi connectivity index (χ2v) is 5.91. The summed E-state index contributed by atoms with van der Waals surface area (Å²) in [5.41, 5.74) is -0.516. The van der Waals surface area contributed by atoms with Crippen LogP contribution in [0.5, 0.6) is 0 Å². The van der Waals surface area contributed by atoms with E-state index in [9.17, 15) is 5.11 Å². The smallest absolute Gasteiger partial charge is 0.0681 e. The van der Waals surface area contributed by atoms with Crippen LogP contribution in [-0.2, 0) is 0 Å². The Labute approximate surface area is 91.9 Å². The van der Waals surface area contributed by atoms with Crippen molar-refractivity contribution in [3.05, 3.63) is 0 Å². The minimum Gasteiger partial charge on any atom is -0.390 e. The van der Waals surface area contributed by atoms with Crippen LogP contribution in [0.4, 0.5) is 0 Å². The maximum atomic E-state index is 9.49. The van der Waals surface area contributed by atoms with Gasteiger partial charge in [0.15, 0.2) is 0 Å². The zero-order valence-electron chi connectivity index (χ0n) is 9.38. The van der Waals surface area contributed by atoms with Gasteiger partial charge < -0.3 is 10.4 Å². The fourth-order valence-electron chi connectivity index (χ4n) is 1.79. The third-order valence-electron chi connectivity index (χ3n) is 2.49. The van der Waals surface area contributed by atoms with Crippen molar-refractivity contribution >= 4 is 11.8 Å². The highest BCUT2D eigenvalue weighted by atomic mass is 32.2. The third-order valence-corrected chi connectivity index (χ3v) is 3.89. The van der Waals surface area contributed by atoms with Crippen LogP contribution in [0.15, 0.2) is 0 Å². The van der Waals surface area contributed by atoms with E-state index >= 15 is 0 Å². The van der Waals surface area contributed by atoms with Crippen LogP contribution in [0.1, 0.15) is 39.5 Å². The minimum atomic E-state index is -0.516. The van der Waals surface area contributed by atoms with Crippen LogP contribution in [0.2, 0.25) is 0 Å². The number of hydrogen-bond donors (Lipinski definition) is 2. The highest BCUT2D eigenvalue weighted by Crippen LogP contribution is 2.17. The van der Waals surface area contributed by atoms with Crippen LogP contribution >= 0.6 is 11.8 Å². The Kier molecular flexibility index (Phi) is 5.28. The van der Waals surface area contributed by atoms with Crippen molar-refractivity contribution in [3.63, 3.8) is 0 Å². The Bertz CT molecular complexity index is 150. The van der Waals surface area contributed by atoms with E-state index < -0.39 is 5.60 Å². The molecule has 0 radical (unpaired) electrons. The number of rotatable bonds is 6. The molecule has 0 amide bonds. The van der Waals surface area contributed by atoms with Crippen LogP contribution in [0.3, 0.4) is 0 Å². The summed E-state index contributed by atoms with van der Waals surface area (Å²) in [6.45, 7) is 4.82. The van der Waals surface area contributed by atoms with Crippen molar-refractivity contribution in [1.29, 1.82) is 0 Å². The van der Waals surface area contributed by atoms with Crippen molar-refractivity contribution in [2.45, 2.75) is 51.2 Å². The fourth-order valence-corrected chi connectivity index (χ4v) is 2.69. The second-order valence-electron chi connectivity index (χ2n) is 4.80. The molecular weight excluding hydrogens is 194 g/mol. The zero-order valence-corrected chi connectivity index (χ0v) is 10.2. The van der Waals surface area contributed by atoms with Gasteiger partial charge in [0.2, 0.25) is 0 Å². The summed E-state index contributed by atoms with van der Waals surface area (Å²) in [6.07, 6.45) is 5.51. The molecule has 0 heterocycles. The summed E-state index contributed by atoms with van der Waals surface area (Å²) in [5, 5.41) is 13.1. The maximum Gasteiger partial charge on any atom is 0.0681 e. The Morgan fingerprint density at radius 2 is 2.00 bits per heavy atom. The number of aliphatic hydroxyl groups is 1. The van der Waals surface area contributed by atoms with E-state index in [4.69, 9.17) is 0 Å². The average molecular weight is 217 g/mol. The van der Waals surface area contributed by atoms with Gasteiger partial charge >= 0.3 is 0 Å². The molecule has 0 aromatic carbocycles. The molecule has 0 aromatic rings. The Morgan fingerprint density at radius 3 is 2.57 bits per heavy atom. The highest BCUT2D eigenvalue weighted by molar-refractivity contribution is 7.99. The molecule has 2 nitrogen and oxygen atoms in total. The van der Waals surface area contributed by atoms with Gasteiger partial charge in [0.25, 0.3) is 0 Å². The summed E-state index contributed by atoms with van der Waals surface area (Å²) in [6, 6.07) is 0.776. The molecule has 0 unspecified atom stereocenters. The summed E-state index contributed by atoms with van der Waals surface area (Å²) in [4.78, 5) is 0. The molecule has 2 N–H and O–H groups in total. The lowest BCUT2D eigenvalue weighted by Crippen LogP contribution is -2.29. The van der Waals surface area contributed by atoms with Crippen molar-refractivity contribution in [3.8, 4) is 0 Å². The molecule has 0 atom stereocenters. The Hall–Kier alpha value is 0.270. The summed E-state index contributed by atoms with van der Waals surface area (Å²) in [5.74, 6) is 1.94. The molecule has 1 fully saturated rings. The predicted octanol–water partition coefficient (Wildman–Crippen LogP) is 2.02. The molecule has 0 spiro atoms. The van der Waals surface area contributed by atoms with Crippen LogP contribution in [0, 0.1) is 0 Å². The molecule has 1 aliphatic rings. The maximum absolute atomic E-state index is 9.49. The molecule has 3 heteroatoms. The normalized spacial score (nSPS) is 19.1. The molecule has 0 aromatic heterocycles. The standard InChI is InChI=1S/C11H23NOS/c1-11(2,13)9-14-8-7-12-10-5-3-4-6-10/h10,12-13H,3-9H2,1-2H3.